The van der Waals surface area contributed by atoms with Crippen molar-refractivity contribution >= 4 is 34.0 Å². The van der Waals surface area contributed by atoms with Gasteiger partial charge < -0.3 is 4.52 Å². The van der Waals surface area contributed by atoms with E-state index in [0.717, 1.165) is 4.88 Å². The molecule has 0 spiro atoms. The SMILES string of the molecule is N#Cc1ccc(-n2c(SCc3noc(-c4cccs4)n3)nc3ccccc3c2=O)cc1. The molecule has 0 amide bonds. The van der Waals surface area contributed by atoms with Crippen LogP contribution in [0, 0.1) is 11.3 Å². The normalized spacial score (nSPS) is 10.9. The number of thioether (sulfide) groups is 1. The number of hydrogen-bond donors (Lipinski definition) is 0. The Labute approximate surface area is 184 Å². The largest absolute Gasteiger partial charge is 0.333 e. The summed E-state index contributed by atoms with van der Waals surface area (Å²) in [6, 6.07) is 20.0. The maximum absolute atomic E-state index is 13.3. The third kappa shape index (κ3) is 3.74. The highest BCUT2D eigenvalue weighted by atomic mass is 32.2. The minimum absolute atomic E-state index is 0.176. The van der Waals surface area contributed by atoms with E-state index in [1.807, 2.05) is 35.7 Å². The number of fused-ring (bicyclic) bond motifs is 1. The summed E-state index contributed by atoms with van der Waals surface area (Å²) in [5, 5.41) is 16.1. The van der Waals surface area contributed by atoms with Crippen LogP contribution in [0.25, 0.3) is 27.4 Å². The van der Waals surface area contributed by atoms with Crippen LogP contribution in [-0.2, 0) is 5.75 Å². The van der Waals surface area contributed by atoms with Crippen LogP contribution in [-0.4, -0.2) is 19.7 Å². The Hall–Kier alpha value is -3.74. The molecule has 0 aliphatic carbocycles. The van der Waals surface area contributed by atoms with Gasteiger partial charge in [0, 0.05) is 0 Å². The van der Waals surface area contributed by atoms with Crippen molar-refractivity contribution in [2.45, 2.75) is 10.9 Å². The fourth-order valence-corrected chi connectivity index (χ4v) is 4.56. The zero-order valence-electron chi connectivity index (χ0n) is 15.9. The van der Waals surface area contributed by atoms with Crippen molar-refractivity contribution in [3.8, 4) is 22.5 Å². The van der Waals surface area contributed by atoms with E-state index in [9.17, 15) is 4.79 Å². The predicted molar refractivity (Wildman–Crippen MR) is 119 cm³/mol. The third-order valence-corrected chi connectivity index (χ3v) is 6.32. The van der Waals surface area contributed by atoms with Gasteiger partial charge in [0.15, 0.2) is 11.0 Å². The predicted octanol–water partition coefficient (Wildman–Crippen LogP) is 4.66. The fraction of sp³-hybridized carbons (Fsp3) is 0.0455. The maximum Gasteiger partial charge on any atom is 0.268 e. The molecule has 7 nitrogen and oxygen atoms in total. The van der Waals surface area contributed by atoms with Gasteiger partial charge in [-0.05, 0) is 47.8 Å². The first-order valence-electron chi connectivity index (χ1n) is 9.24. The molecule has 0 unspecified atom stereocenters. The molecule has 5 aromatic rings. The number of nitriles is 1. The topological polar surface area (TPSA) is 97.6 Å². The second-order valence-electron chi connectivity index (χ2n) is 6.49. The monoisotopic (exact) mass is 443 g/mol. The summed E-state index contributed by atoms with van der Waals surface area (Å²) in [6.45, 7) is 0. The quantitative estimate of drug-likeness (QED) is 0.288. The fourth-order valence-electron chi connectivity index (χ4n) is 3.06. The summed E-state index contributed by atoms with van der Waals surface area (Å²) < 4.78 is 6.90. The van der Waals surface area contributed by atoms with Crippen LogP contribution in [0.5, 0.6) is 0 Å². The van der Waals surface area contributed by atoms with Gasteiger partial charge in [0.25, 0.3) is 11.4 Å². The average Bonchev–Trinajstić information content (AvgIpc) is 3.50. The van der Waals surface area contributed by atoms with Gasteiger partial charge in [-0.1, -0.05) is 35.1 Å². The van der Waals surface area contributed by atoms with Crippen molar-refractivity contribution in [1.82, 2.24) is 19.7 Å². The molecule has 3 aromatic heterocycles. The van der Waals surface area contributed by atoms with Crippen LogP contribution in [0.15, 0.2) is 80.5 Å². The first-order valence-corrected chi connectivity index (χ1v) is 11.1. The van der Waals surface area contributed by atoms with Crippen molar-refractivity contribution < 1.29 is 4.52 Å². The molecule has 0 saturated heterocycles. The zero-order valence-corrected chi connectivity index (χ0v) is 17.6. The number of para-hydroxylation sites is 1. The minimum Gasteiger partial charge on any atom is -0.333 e. The van der Waals surface area contributed by atoms with E-state index in [4.69, 9.17) is 14.8 Å². The Morgan fingerprint density at radius 1 is 1.06 bits per heavy atom. The minimum atomic E-state index is -0.176. The van der Waals surface area contributed by atoms with Crippen molar-refractivity contribution in [1.29, 1.82) is 5.26 Å². The molecule has 31 heavy (non-hydrogen) atoms. The lowest BCUT2D eigenvalue weighted by Gasteiger charge is -2.12. The Kier molecular flexibility index (Phi) is 5.08. The number of hydrogen-bond acceptors (Lipinski definition) is 8. The van der Waals surface area contributed by atoms with E-state index in [-0.39, 0.29) is 5.56 Å². The Balaban J connectivity index is 1.54. The molecule has 150 valence electrons. The third-order valence-electron chi connectivity index (χ3n) is 4.53. The first kappa shape index (κ1) is 19.2. The lowest BCUT2D eigenvalue weighted by Crippen LogP contribution is -2.21. The van der Waals surface area contributed by atoms with Gasteiger partial charge in [-0.25, -0.2) is 4.98 Å². The highest BCUT2D eigenvalue weighted by molar-refractivity contribution is 7.98. The van der Waals surface area contributed by atoms with Gasteiger partial charge in [0.1, 0.15) is 0 Å². The number of benzene rings is 2. The van der Waals surface area contributed by atoms with Crippen molar-refractivity contribution in [3.63, 3.8) is 0 Å². The van der Waals surface area contributed by atoms with Gasteiger partial charge in [0.2, 0.25) is 0 Å². The highest BCUT2D eigenvalue weighted by Crippen LogP contribution is 2.26. The van der Waals surface area contributed by atoms with E-state index in [1.54, 1.807) is 34.9 Å². The second-order valence-corrected chi connectivity index (χ2v) is 8.38. The molecule has 0 fully saturated rings. The molecule has 2 aromatic carbocycles. The van der Waals surface area contributed by atoms with Crippen LogP contribution in [0.4, 0.5) is 0 Å². The molecule has 9 heteroatoms. The summed E-state index contributed by atoms with van der Waals surface area (Å²) >= 11 is 2.88. The lowest BCUT2D eigenvalue weighted by molar-refractivity contribution is 0.426. The van der Waals surface area contributed by atoms with Crippen LogP contribution in [0.2, 0.25) is 0 Å². The summed E-state index contributed by atoms with van der Waals surface area (Å²) in [6.07, 6.45) is 0. The highest BCUT2D eigenvalue weighted by Gasteiger charge is 2.16. The van der Waals surface area contributed by atoms with Gasteiger partial charge in [-0.2, -0.15) is 10.2 Å². The Morgan fingerprint density at radius 2 is 1.90 bits per heavy atom. The van der Waals surface area contributed by atoms with Gasteiger partial charge in [-0.15, -0.1) is 11.3 Å². The number of rotatable bonds is 5. The van der Waals surface area contributed by atoms with E-state index >= 15 is 0 Å². The van der Waals surface area contributed by atoms with Gasteiger partial charge >= 0.3 is 0 Å². The van der Waals surface area contributed by atoms with Crippen molar-refractivity contribution in [2.75, 3.05) is 0 Å². The molecule has 0 N–H and O–H groups in total. The summed E-state index contributed by atoms with van der Waals surface area (Å²) in [4.78, 5) is 23.3. The van der Waals surface area contributed by atoms with Gasteiger partial charge in [-0.3, -0.25) is 9.36 Å². The molecule has 0 aliphatic heterocycles. The summed E-state index contributed by atoms with van der Waals surface area (Å²) in [5.41, 5.74) is 1.60. The molecule has 0 radical (unpaired) electrons. The van der Waals surface area contributed by atoms with E-state index in [0.29, 0.717) is 44.8 Å². The van der Waals surface area contributed by atoms with Crippen LogP contribution in [0.1, 0.15) is 11.4 Å². The van der Waals surface area contributed by atoms with E-state index in [1.165, 1.54) is 23.1 Å². The summed E-state index contributed by atoms with van der Waals surface area (Å²) in [7, 11) is 0. The molecular weight excluding hydrogens is 430 g/mol. The maximum atomic E-state index is 13.3. The van der Waals surface area contributed by atoms with Crippen molar-refractivity contribution in [3.05, 3.63) is 87.8 Å². The number of thiophene rings is 1. The molecule has 0 atom stereocenters. The molecule has 3 heterocycles. The number of aromatic nitrogens is 4. The van der Waals surface area contributed by atoms with E-state index < -0.39 is 0 Å². The van der Waals surface area contributed by atoms with Crippen LogP contribution >= 0.6 is 23.1 Å². The molecule has 5 rings (SSSR count). The smallest absolute Gasteiger partial charge is 0.268 e. The van der Waals surface area contributed by atoms with Crippen LogP contribution in [0.3, 0.4) is 0 Å². The Bertz CT molecular complexity index is 1460. The first-order chi connectivity index (χ1) is 15.2. The van der Waals surface area contributed by atoms with Gasteiger partial charge in [0.05, 0.1) is 38.9 Å². The molecule has 0 bridgehead atoms. The molecule has 0 aliphatic rings. The molecule has 0 saturated carbocycles. The number of nitrogens with zero attached hydrogens (tertiary/aromatic N) is 5. The zero-order chi connectivity index (χ0) is 21.2. The summed E-state index contributed by atoms with van der Waals surface area (Å²) in [5.74, 6) is 1.37. The van der Waals surface area contributed by atoms with Crippen molar-refractivity contribution in [2.24, 2.45) is 0 Å². The average molecular weight is 444 g/mol. The standard InChI is InChI=1S/C22H13N5O2S2/c23-12-14-7-9-15(10-8-14)27-21(28)16-4-1-2-5-17(16)24-22(27)31-13-19-25-20(29-26-19)18-6-3-11-30-18/h1-11H,13H2. The second kappa shape index (κ2) is 8.18. The Morgan fingerprint density at radius 3 is 2.68 bits per heavy atom. The van der Waals surface area contributed by atoms with Crippen LogP contribution < -0.4 is 5.56 Å². The molecular formula is C22H13N5O2S2. The lowest BCUT2D eigenvalue weighted by atomic mass is 10.2. The van der Waals surface area contributed by atoms with E-state index in [2.05, 4.69) is 16.2 Å².